The number of hydrazone groups is 2. The molecule has 3 rings (SSSR count). The quantitative estimate of drug-likeness (QED) is 0.184. The highest BCUT2D eigenvalue weighted by molar-refractivity contribution is 7.16. The summed E-state index contributed by atoms with van der Waals surface area (Å²) in [6.07, 6.45) is 0. The third kappa shape index (κ3) is 5.86. The molecule has 12 heteroatoms. The Morgan fingerprint density at radius 3 is 1.78 bits per heavy atom. The van der Waals surface area contributed by atoms with E-state index < -0.39 is 9.85 Å². The Morgan fingerprint density at radius 2 is 1.31 bits per heavy atom. The zero-order chi connectivity index (χ0) is 23.1. The summed E-state index contributed by atoms with van der Waals surface area (Å²) >= 11 is 7.51. The number of rotatable bonds is 9. The molecule has 0 atom stereocenters. The Hall–Kier alpha value is -3.83. The SMILES string of the molecule is C/C(=N/Nc1ccc([N+](=O)[O-])cc1)c1ccc(/C(CCl)=N/Nc2ccc([N+](=O)[O-])cc2)s1. The molecule has 10 nitrogen and oxygen atoms in total. The molecular weight excluding hydrogens is 456 g/mol. The van der Waals surface area contributed by atoms with E-state index in [1.165, 1.54) is 35.6 Å². The maximum atomic E-state index is 10.7. The fraction of sp³-hybridized carbons (Fsp3) is 0.100. The molecule has 0 amide bonds. The molecule has 0 saturated carbocycles. The lowest BCUT2D eigenvalue weighted by atomic mass is 10.3. The van der Waals surface area contributed by atoms with Gasteiger partial charge in [-0.15, -0.1) is 22.9 Å². The van der Waals surface area contributed by atoms with Gasteiger partial charge in [-0.2, -0.15) is 10.2 Å². The van der Waals surface area contributed by atoms with Gasteiger partial charge in [0, 0.05) is 24.3 Å². The molecule has 0 radical (unpaired) electrons. The number of hydrogen-bond acceptors (Lipinski definition) is 9. The number of nitrogens with one attached hydrogen (secondary N) is 2. The van der Waals surface area contributed by atoms with Crippen LogP contribution in [0, 0.1) is 20.2 Å². The van der Waals surface area contributed by atoms with Crippen LogP contribution in [0.25, 0.3) is 0 Å². The molecule has 0 aliphatic carbocycles. The third-order valence-corrected chi connectivity index (χ3v) is 5.70. The fourth-order valence-electron chi connectivity index (χ4n) is 2.49. The minimum Gasteiger partial charge on any atom is -0.278 e. The highest BCUT2D eigenvalue weighted by atomic mass is 35.5. The van der Waals surface area contributed by atoms with Crippen LogP contribution in [-0.4, -0.2) is 27.1 Å². The lowest BCUT2D eigenvalue weighted by molar-refractivity contribution is -0.385. The predicted molar refractivity (Wildman–Crippen MR) is 127 cm³/mol. The van der Waals surface area contributed by atoms with Crippen LogP contribution in [-0.2, 0) is 0 Å². The number of halogens is 1. The average molecular weight is 473 g/mol. The first-order valence-corrected chi connectivity index (χ1v) is 10.5. The van der Waals surface area contributed by atoms with Crippen LogP contribution < -0.4 is 10.9 Å². The number of nitro benzene ring substituents is 2. The number of hydrogen-bond donors (Lipinski definition) is 2. The van der Waals surface area contributed by atoms with Gasteiger partial charge in [0.05, 0.1) is 48.3 Å². The smallest absolute Gasteiger partial charge is 0.269 e. The maximum absolute atomic E-state index is 10.7. The van der Waals surface area contributed by atoms with Gasteiger partial charge in [0.1, 0.15) is 0 Å². The van der Waals surface area contributed by atoms with Crippen molar-refractivity contribution < 1.29 is 9.85 Å². The first kappa shape index (κ1) is 22.8. The van der Waals surface area contributed by atoms with Crippen LogP contribution in [0.3, 0.4) is 0 Å². The Labute approximate surface area is 191 Å². The van der Waals surface area contributed by atoms with Gasteiger partial charge in [0.2, 0.25) is 0 Å². The standard InChI is InChI=1S/C20H17ClN6O4S/c1-13(22-23-14-2-6-16(7-3-14)26(28)29)19-10-11-20(32-19)18(12-21)25-24-15-4-8-17(9-5-15)27(30)31/h2-11,23-24H,12H2,1H3/b22-13-,25-18+. The average Bonchev–Trinajstić information content (AvgIpc) is 3.28. The van der Waals surface area contributed by atoms with Crippen molar-refractivity contribution in [2.45, 2.75) is 6.92 Å². The van der Waals surface area contributed by atoms with Gasteiger partial charge in [-0.25, -0.2) is 0 Å². The number of alkyl halides is 1. The summed E-state index contributed by atoms with van der Waals surface area (Å²) < 4.78 is 0. The second kappa shape index (κ2) is 10.5. The zero-order valence-corrected chi connectivity index (χ0v) is 18.3. The van der Waals surface area contributed by atoms with E-state index in [9.17, 15) is 20.2 Å². The Bertz CT molecular complexity index is 1180. The van der Waals surface area contributed by atoms with E-state index >= 15 is 0 Å². The first-order chi connectivity index (χ1) is 15.4. The molecule has 164 valence electrons. The van der Waals surface area contributed by atoms with Crippen molar-refractivity contribution in [3.63, 3.8) is 0 Å². The monoisotopic (exact) mass is 472 g/mol. The zero-order valence-electron chi connectivity index (χ0n) is 16.7. The second-order valence-electron chi connectivity index (χ2n) is 6.38. The van der Waals surface area contributed by atoms with Gasteiger partial charge in [0.25, 0.3) is 11.4 Å². The minimum absolute atomic E-state index is 0.00269. The fourth-order valence-corrected chi connectivity index (χ4v) is 3.71. The summed E-state index contributed by atoms with van der Waals surface area (Å²) in [6.45, 7) is 1.83. The summed E-state index contributed by atoms with van der Waals surface area (Å²) in [6, 6.07) is 15.6. The summed E-state index contributed by atoms with van der Waals surface area (Å²) in [5.41, 5.74) is 8.29. The normalized spacial score (nSPS) is 11.8. The predicted octanol–water partition coefficient (Wildman–Crippen LogP) is 5.46. The van der Waals surface area contributed by atoms with Gasteiger partial charge in [-0.3, -0.25) is 31.1 Å². The van der Waals surface area contributed by atoms with Crippen LogP contribution >= 0.6 is 22.9 Å². The van der Waals surface area contributed by atoms with Crippen LogP contribution in [0.5, 0.6) is 0 Å². The number of nitrogens with zero attached hydrogens (tertiary/aromatic N) is 4. The lowest BCUT2D eigenvalue weighted by Gasteiger charge is -2.03. The molecule has 1 aromatic heterocycles. The van der Waals surface area contributed by atoms with Crippen molar-refractivity contribution in [2.75, 3.05) is 16.7 Å². The number of nitro groups is 2. The van der Waals surface area contributed by atoms with Gasteiger partial charge in [-0.1, -0.05) is 0 Å². The summed E-state index contributed by atoms with van der Waals surface area (Å²) in [7, 11) is 0. The molecule has 0 saturated heterocycles. The van der Waals surface area contributed by atoms with Crippen molar-refractivity contribution in [1.29, 1.82) is 0 Å². The van der Waals surface area contributed by atoms with Gasteiger partial charge < -0.3 is 0 Å². The first-order valence-electron chi connectivity index (χ1n) is 9.15. The van der Waals surface area contributed by atoms with Crippen LogP contribution in [0.1, 0.15) is 16.7 Å². The van der Waals surface area contributed by atoms with Crippen LogP contribution in [0.15, 0.2) is 70.9 Å². The van der Waals surface area contributed by atoms with Crippen molar-refractivity contribution in [3.05, 3.63) is 90.6 Å². The minimum atomic E-state index is -0.467. The highest BCUT2D eigenvalue weighted by Crippen LogP contribution is 2.21. The number of benzene rings is 2. The van der Waals surface area contributed by atoms with Crippen molar-refractivity contribution >= 4 is 57.1 Å². The molecule has 0 aliphatic heterocycles. The molecule has 0 fully saturated rings. The Kier molecular flexibility index (Phi) is 7.47. The van der Waals surface area contributed by atoms with E-state index in [1.807, 2.05) is 19.1 Å². The number of non-ortho nitro benzene ring substituents is 2. The topological polar surface area (TPSA) is 135 Å². The maximum Gasteiger partial charge on any atom is 0.269 e. The van der Waals surface area contributed by atoms with E-state index in [-0.39, 0.29) is 17.3 Å². The van der Waals surface area contributed by atoms with Gasteiger partial charge in [0.15, 0.2) is 0 Å². The molecule has 32 heavy (non-hydrogen) atoms. The van der Waals surface area contributed by atoms with E-state index in [0.29, 0.717) is 17.1 Å². The largest absolute Gasteiger partial charge is 0.278 e. The van der Waals surface area contributed by atoms with Gasteiger partial charge >= 0.3 is 0 Å². The lowest BCUT2D eigenvalue weighted by Crippen LogP contribution is -2.04. The second-order valence-corrected chi connectivity index (χ2v) is 7.74. The molecular formula is C20H17ClN6O4S. The van der Waals surface area contributed by atoms with Crippen LogP contribution in [0.2, 0.25) is 0 Å². The van der Waals surface area contributed by atoms with E-state index in [1.54, 1.807) is 24.3 Å². The van der Waals surface area contributed by atoms with E-state index in [2.05, 4.69) is 21.1 Å². The van der Waals surface area contributed by atoms with Crippen molar-refractivity contribution in [3.8, 4) is 0 Å². The molecule has 3 aromatic rings. The number of anilines is 2. The van der Waals surface area contributed by atoms with Crippen molar-refractivity contribution in [2.24, 2.45) is 10.2 Å². The highest BCUT2D eigenvalue weighted by Gasteiger charge is 2.10. The molecule has 0 bridgehead atoms. The van der Waals surface area contributed by atoms with Crippen molar-refractivity contribution in [1.82, 2.24) is 0 Å². The molecule has 0 spiro atoms. The number of thiophene rings is 1. The molecule has 1 heterocycles. The Balaban J connectivity index is 1.67. The van der Waals surface area contributed by atoms with E-state index in [0.717, 1.165) is 15.5 Å². The molecule has 0 aliphatic rings. The molecule has 2 aromatic carbocycles. The molecule has 0 unspecified atom stereocenters. The third-order valence-electron chi connectivity index (χ3n) is 4.20. The van der Waals surface area contributed by atoms with Crippen LogP contribution in [0.4, 0.5) is 22.7 Å². The van der Waals surface area contributed by atoms with Gasteiger partial charge in [-0.05, 0) is 43.3 Å². The van der Waals surface area contributed by atoms with E-state index in [4.69, 9.17) is 11.6 Å². The summed E-state index contributed by atoms with van der Waals surface area (Å²) in [5, 5.41) is 30.1. The summed E-state index contributed by atoms with van der Waals surface area (Å²) in [5.74, 6) is 0.164. The summed E-state index contributed by atoms with van der Waals surface area (Å²) in [4.78, 5) is 22.3. The molecule has 2 N–H and O–H groups in total. The Morgan fingerprint density at radius 1 is 0.844 bits per heavy atom.